The number of carbonyl (C=O) groups excluding carboxylic acids is 1. The molecule has 174 valence electrons. The zero-order valence-corrected chi connectivity index (χ0v) is 19.5. The molecule has 2 N–H and O–H groups in total. The van der Waals surface area contributed by atoms with Gasteiger partial charge in [0.2, 0.25) is 5.95 Å². The molecule has 6 rings (SSSR count). The van der Waals surface area contributed by atoms with Gasteiger partial charge in [-0.15, -0.1) is 0 Å². The predicted octanol–water partition coefficient (Wildman–Crippen LogP) is 4.26. The van der Waals surface area contributed by atoms with Crippen LogP contribution in [0.2, 0.25) is 0 Å². The fourth-order valence-corrected chi connectivity index (χ4v) is 5.47. The van der Waals surface area contributed by atoms with E-state index in [1.54, 1.807) is 10.8 Å². The molecule has 1 aromatic carbocycles. The largest absolute Gasteiger partial charge is 0.342 e. The maximum atomic E-state index is 13.4. The van der Waals surface area contributed by atoms with E-state index >= 15 is 0 Å². The molecule has 0 spiro atoms. The molecule has 0 unspecified atom stereocenters. The zero-order valence-electron chi connectivity index (χ0n) is 19.5. The summed E-state index contributed by atoms with van der Waals surface area (Å²) in [6, 6.07) is 8.95. The number of Topliss-reactive ketones (excluding diaryl/α,β-unsaturated/α-hetero) is 1. The molecule has 1 saturated carbocycles. The average Bonchev–Trinajstić information content (AvgIpc) is 3.43. The van der Waals surface area contributed by atoms with Gasteiger partial charge in [-0.25, -0.2) is 4.98 Å². The number of aromatic nitrogens is 4. The second kappa shape index (κ2) is 8.06. The Hall–Kier alpha value is -3.52. The van der Waals surface area contributed by atoms with Crippen molar-refractivity contribution in [3.05, 3.63) is 58.1 Å². The summed E-state index contributed by atoms with van der Waals surface area (Å²) in [6.45, 7) is 5.27. The number of aryl methyl sites for hydroxylation is 1. The highest BCUT2D eigenvalue weighted by atomic mass is 16.1. The first kappa shape index (κ1) is 21.0. The van der Waals surface area contributed by atoms with E-state index in [1.165, 1.54) is 12.4 Å². The van der Waals surface area contributed by atoms with Crippen LogP contribution < -0.4 is 16.2 Å². The standard InChI is InChI=1S/C26H28N6O2/c1-15-21-14-28-26(29-18-7-8-22-17(11-18)9-10-31(22)20-12-27-13-20)30-24(21)32(19-5-3-4-6-19)25(34)23(15)16(2)33/h7-11,14,19-20,27H,3-6,12-13H2,1-2H3,(H,28,29,30). The van der Waals surface area contributed by atoms with E-state index in [0.717, 1.165) is 55.2 Å². The van der Waals surface area contributed by atoms with Crippen LogP contribution in [0.15, 0.2) is 41.5 Å². The lowest BCUT2D eigenvalue weighted by atomic mass is 10.0. The van der Waals surface area contributed by atoms with Crippen molar-refractivity contribution in [1.29, 1.82) is 0 Å². The van der Waals surface area contributed by atoms with E-state index in [9.17, 15) is 9.59 Å². The second-order valence-corrected chi connectivity index (χ2v) is 9.53. The first-order chi connectivity index (χ1) is 16.5. The molecule has 4 aromatic rings. The van der Waals surface area contributed by atoms with Gasteiger partial charge in [0.25, 0.3) is 5.56 Å². The van der Waals surface area contributed by atoms with E-state index in [2.05, 4.69) is 44.6 Å². The van der Waals surface area contributed by atoms with Crippen molar-refractivity contribution >= 4 is 39.4 Å². The summed E-state index contributed by atoms with van der Waals surface area (Å²) in [5.74, 6) is 0.229. The van der Waals surface area contributed by atoms with Crippen LogP contribution in [0.5, 0.6) is 0 Å². The highest BCUT2D eigenvalue weighted by Crippen LogP contribution is 2.32. The van der Waals surface area contributed by atoms with Gasteiger partial charge in [-0.2, -0.15) is 4.98 Å². The molecule has 2 fully saturated rings. The molecule has 34 heavy (non-hydrogen) atoms. The van der Waals surface area contributed by atoms with Gasteiger partial charge in [-0.1, -0.05) is 12.8 Å². The maximum Gasteiger partial charge on any atom is 0.263 e. The minimum Gasteiger partial charge on any atom is -0.342 e. The number of nitrogens with zero attached hydrogens (tertiary/aromatic N) is 4. The van der Waals surface area contributed by atoms with Gasteiger partial charge in [0.05, 0.1) is 11.6 Å². The molecule has 8 heteroatoms. The number of ketones is 1. The third kappa shape index (κ3) is 3.32. The quantitative estimate of drug-likeness (QED) is 0.436. The fraction of sp³-hybridized carbons (Fsp3) is 0.385. The molecule has 3 aromatic heterocycles. The highest BCUT2D eigenvalue weighted by molar-refractivity contribution is 5.99. The van der Waals surface area contributed by atoms with Gasteiger partial charge in [0, 0.05) is 53.5 Å². The van der Waals surface area contributed by atoms with Crippen LogP contribution in [0, 0.1) is 6.92 Å². The average molecular weight is 457 g/mol. The van der Waals surface area contributed by atoms with Crippen LogP contribution in [0.1, 0.15) is 60.6 Å². The SMILES string of the molecule is CC(=O)c1c(C)c2cnc(Nc3ccc4c(ccn4C4CNC4)c3)nc2n(C2CCCC2)c1=O. The minimum atomic E-state index is -0.234. The maximum absolute atomic E-state index is 13.4. The van der Waals surface area contributed by atoms with Gasteiger partial charge in [-0.05, 0) is 56.5 Å². The van der Waals surface area contributed by atoms with Gasteiger partial charge >= 0.3 is 0 Å². The Bertz CT molecular complexity index is 1490. The molecular formula is C26H28N6O2. The molecule has 0 atom stereocenters. The lowest BCUT2D eigenvalue weighted by Crippen LogP contribution is -2.43. The molecular weight excluding hydrogens is 428 g/mol. The predicted molar refractivity (Wildman–Crippen MR) is 133 cm³/mol. The van der Waals surface area contributed by atoms with E-state index in [1.807, 2.05) is 13.0 Å². The number of rotatable bonds is 5. The van der Waals surface area contributed by atoms with Crippen LogP contribution in [-0.2, 0) is 0 Å². The summed E-state index contributed by atoms with van der Waals surface area (Å²) in [5, 5.41) is 8.55. The van der Waals surface area contributed by atoms with Crippen molar-refractivity contribution < 1.29 is 4.79 Å². The van der Waals surface area contributed by atoms with Crippen LogP contribution in [0.3, 0.4) is 0 Å². The van der Waals surface area contributed by atoms with Crippen molar-refractivity contribution in [2.24, 2.45) is 0 Å². The third-order valence-corrected chi connectivity index (χ3v) is 7.38. The Morgan fingerprint density at radius 2 is 1.94 bits per heavy atom. The monoisotopic (exact) mass is 456 g/mol. The smallest absolute Gasteiger partial charge is 0.263 e. The van der Waals surface area contributed by atoms with E-state index < -0.39 is 0 Å². The summed E-state index contributed by atoms with van der Waals surface area (Å²) in [4.78, 5) is 35.0. The normalized spacial score (nSPS) is 16.9. The van der Waals surface area contributed by atoms with Crippen molar-refractivity contribution in [3.8, 4) is 0 Å². The zero-order chi connectivity index (χ0) is 23.4. The van der Waals surface area contributed by atoms with Crippen LogP contribution in [0.4, 0.5) is 11.6 Å². The number of anilines is 2. The number of hydrogen-bond acceptors (Lipinski definition) is 6. The summed E-state index contributed by atoms with van der Waals surface area (Å²) in [6.07, 6.45) is 7.88. The summed E-state index contributed by atoms with van der Waals surface area (Å²) >= 11 is 0. The number of benzene rings is 1. The molecule has 0 radical (unpaired) electrons. The Balaban J connectivity index is 1.42. The van der Waals surface area contributed by atoms with Crippen LogP contribution >= 0.6 is 0 Å². The van der Waals surface area contributed by atoms with Crippen molar-refractivity contribution in [3.63, 3.8) is 0 Å². The molecule has 1 aliphatic carbocycles. The minimum absolute atomic E-state index is 0.0635. The number of hydrogen-bond donors (Lipinski definition) is 2. The van der Waals surface area contributed by atoms with Gasteiger partial charge < -0.3 is 15.2 Å². The second-order valence-electron chi connectivity index (χ2n) is 9.53. The topological polar surface area (TPSA) is 93.8 Å². The van der Waals surface area contributed by atoms with Gasteiger partial charge in [-0.3, -0.25) is 14.2 Å². The van der Waals surface area contributed by atoms with Crippen LogP contribution in [0.25, 0.3) is 21.9 Å². The first-order valence-electron chi connectivity index (χ1n) is 12.0. The molecule has 0 amide bonds. The van der Waals surface area contributed by atoms with E-state index in [4.69, 9.17) is 4.98 Å². The summed E-state index contributed by atoms with van der Waals surface area (Å²) in [5.41, 5.74) is 3.37. The van der Waals surface area contributed by atoms with Gasteiger partial charge in [0.15, 0.2) is 5.78 Å². The lowest BCUT2D eigenvalue weighted by molar-refractivity contribution is 0.101. The van der Waals surface area contributed by atoms with Gasteiger partial charge in [0.1, 0.15) is 5.65 Å². The Kier molecular flexibility index (Phi) is 4.99. The molecule has 0 bridgehead atoms. The van der Waals surface area contributed by atoms with Crippen molar-refractivity contribution in [2.45, 2.75) is 51.6 Å². The summed E-state index contributed by atoms with van der Waals surface area (Å²) in [7, 11) is 0. The molecule has 1 aliphatic heterocycles. The summed E-state index contributed by atoms with van der Waals surface area (Å²) < 4.78 is 4.06. The van der Waals surface area contributed by atoms with E-state index in [-0.39, 0.29) is 22.9 Å². The molecule has 1 saturated heterocycles. The number of fused-ring (bicyclic) bond motifs is 2. The Morgan fingerprint density at radius 1 is 1.15 bits per heavy atom. The van der Waals surface area contributed by atoms with E-state index in [0.29, 0.717) is 23.2 Å². The molecule has 8 nitrogen and oxygen atoms in total. The van der Waals surface area contributed by atoms with Crippen LogP contribution in [-0.4, -0.2) is 38.0 Å². The number of nitrogens with one attached hydrogen (secondary N) is 2. The first-order valence-corrected chi connectivity index (χ1v) is 12.0. The molecule has 2 aliphatic rings. The number of pyridine rings is 1. The Labute approximate surface area is 197 Å². The fourth-order valence-electron chi connectivity index (χ4n) is 5.47. The lowest BCUT2D eigenvalue weighted by Gasteiger charge is -2.29. The molecule has 4 heterocycles. The van der Waals surface area contributed by atoms with Crippen molar-refractivity contribution in [1.82, 2.24) is 24.4 Å². The van der Waals surface area contributed by atoms with Crippen molar-refractivity contribution in [2.75, 3.05) is 18.4 Å². The highest BCUT2D eigenvalue weighted by Gasteiger charge is 2.26. The Morgan fingerprint density at radius 3 is 2.65 bits per heavy atom. The third-order valence-electron chi connectivity index (χ3n) is 7.38. The number of carbonyl (C=O) groups is 1.